The third kappa shape index (κ3) is 2.43. The van der Waals surface area contributed by atoms with E-state index in [1.165, 1.54) is 0 Å². The molecule has 2 radical (unpaired) electrons. The Bertz CT molecular complexity index is 479. The number of hydrogen-bond donors (Lipinski definition) is 0. The topological polar surface area (TPSA) is 3.24 Å². The van der Waals surface area contributed by atoms with Crippen LogP contribution in [0.4, 0.5) is 0 Å². The summed E-state index contributed by atoms with van der Waals surface area (Å²) in [5.41, 5.74) is 0.617. The van der Waals surface area contributed by atoms with E-state index in [9.17, 15) is 0 Å². The summed E-state index contributed by atoms with van der Waals surface area (Å²) in [6, 6.07) is 0. The van der Waals surface area contributed by atoms with Crippen LogP contribution in [0.5, 0.6) is 0 Å². The predicted molar refractivity (Wildman–Crippen MR) is 107 cm³/mol. The van der Waals surface area contributed by atoms with E-state index in [1.54, 1.807) is 38.5 Å². The quantitative estimate of drug-likeness (QED) is 0.574. The molecule has 5 rings (SSSR count). The second kappa shape index (κ2) is 5.03. The van der Waals surface area contributed by atoms with Gasteiger partial charge in [0, 0.05) is 0 Å². The Morgan fingerprint density at radius 2 is 1.26 bits per heavy atom. The van der Waals surface area contributed by atoms with Crippen LogP contribution in [0.3, 0.4) is 0 Å². The van der Waals surface area contributed by atoms with Gasteiger partial charge in [-0.15, -0.1) is 0 Å². The Kier molecular flexibility index (Phi) is 3.71. The number of nitrogens with zero attached hydrogens (tertiary/aromatic N) is 1. The molecule has 4 bridgehead atoms. The van der Waals surface area contributed by atoms with E-state index in [2.05, 4.69) is 55.4 Å². The SMILES string of the molecule is C[Si](C)(C)[C]1([Si](C)(C)C)C=C[N](C23CC4CC(CC(C4)C2)C3)[Ge]1. The minimum absolute atomic E-state index is 0.0450. The van der Waals surface area contributed by atoms with Crippen LogP contribution in [0, 0.1) is 17.8 Å². The van der Waals surface area contributed by atoms with Crippen LogP contribution in [-0.4, -0.2) is 41.2 Å². The van der Waals surface area contributed by atoms with E-state index >= 15 is 0 Å². The zero-order valence-corrected chi connectivity index (χ0v) is 20.2. The molecular weight excluding hydrogens is 371 g/mol. The molecule has 4 heteroatoms. The molecule has 4 fully saturated rings. The van der Waals surface area contributed by atoms with Crippen LogP contribution >= 0.6 is 0 Å². The van der Waals surface area contributed by atoms with Crippen molar-refractivity contribution in [2.45, 2.75) is 86.8 Å². The maximum atomic E-state index is 3.04. The van der Waals surface area contributed by atoms with Gasteiger partial charge in [-0.3, -0.25) is 0 Å². The maximum absolute atomic E-state index is 3.04. The van der Waals surface area contributed by atoms with Crippen LogP contribution in [0.1, 0.15) is 38.5 Å². The summed E-state index contributed by atoms with van der Waals surface area (Å²) in [6.07, 6.45) is 14.8. The van der Waals surface area contributed by atoms with E-state index in [0.717, 1.165) is 17.8 Å². The van der Waals surface area contributed by atoms with Crippen molar-refractivity contribution in [3.05, 3.63) is 12.3 Å². The normalized spacial score (nSPS) is 41.8. The molecule has 0 atom stereocenters. The number of hydrogen-bond acceptors (Lipinski definition) is 1. The fraction of sp³-hybridized carbons (Fsp3) is 0.895. The minimum atomic E-state index is -1.18. The molecule has 5 aliphatic rings. The van der Waals surface area contributed by atoms with Gasteiger partial charge in [0.15, 0.2) is 0 Å². The Labute approximate surface area is 152 Å². The molecule has 1 heterocycles. The molecule has 128 valence electrons. The second-order valence-electron chi connectivity index (χ2n) is 11.2. The molecule has 0 amide bonds. The van der Waals surface area contributed by atoms with Crippen LogP contribution in [0.15, 0.2) is 12.3 Å². The van der Waals surface area contributed by atoms with Gasteiger partial charge in [0.25, 0.3) is 0 Å². The summed E-state index contributed by atoms with van der Waals surface area (Å²) in [6.45, 7) is 15.9. The second-order valence-corrected chi connectivity index (χ2v) is 27.6. The molecule has 0 aromatic rings. The first-order chi connectivity index (χ1) is 10.5. The van der Waals surface area contributed by atoms with Crippen molar-refractivity contribution in [3.8, 4) is 0 Å². The zero-order chi connectivity index (χ0) is 16.7. The Balaban J connectivity index is 1.65. The molecule has 23 heavy (non-hydrogen) atoms. The molecule has 0 N–H and O–H groups in total. The van der Waals surface area contributed by atoms with Crippen molar-refractivity contribution >= 4 is 31.8 Å². The Hall–Kier alpha value is 0.517. The van der Waals surface area contributed by atoms with Gasteiger partial charge in [0.05, 0.1) is 0 Å². The first kappa shape index (κ1) is 17.0. The first-order valence-corrected chi connectivity index (χ1v) is 18.8. The van der Waals surface area contributed by atoms with E-state index < -0.39 is 16.1 Å². The van der Waals surface area contributed by atoms with Crippen molar-refractivity contribution in [2.24, 2.45) is 17.8 Å². The molecule has 0 saturated heterocycles. The molecule has 0 aromatic carbocycles. The van der Waals surface area contributed by atoms with Gasteiger partial charge in [-0.25, -0.2) is 0 Å². The van der Waals surface area contributed by atoms with Crippen molar-refractivity contribution in [3.63, 3.8) is 0 Å². The summed E-state index contributed by atoms with van der Waals surface area (Å²) in [7, 11) is -2.35. The van der Waals surface area contributed by atoms with Crippen LogP contribution in [0.2, 0.25) is 42.8 Å². The average Bonchev–Trinajstić information content (AvgIpc) is 2.82. The summed E-state index contributed by atoms with van der Waals surface area (Å²) >= 11 is -0.0450. The van der Waals surface area contributed by atoms with Crippen LogP contribution in [0.25, 0.3) is 0 Å². The monoisotopic (exact) mass is 407 g/mol. The molecule has 1 nitrogen and oxygen atoms in total. The standard InChI is InChI=1S/C19H35GeNSi2/c1-22(2,3)19(23(4,5)6)7-8-21(20-19)18-12-15-9-16(13-18)11-17(10-15)14-18/h7-8,15-17H,9-14H2,1-6H3. The van der Waals surface area contributed by atoms with Crippen molar-refractivity contribution < 1.29 is 0 Å². The van der Waals surface area contributed by atoms with Gasteiger partial charge >= 0.3 is 153 Å². The Morgan fingerprint density at radius 1 is 0.826 bits per heavy atom. The van der Waals surface area contributed by atoms with Crippen molar-refractivity contribution in [1.82, 2.24) is 3.86 Å². The third-order valence-corrected chi connectivity index (χ3v) is 30.7. The zero-order valence-electron chi connectivity index (χ0n) is 16.1. The van der Waals surface area contributed by atoms with E-state index in [4.69, 9.17) is 0 Å². The number of allylic oxidation sites excluding steroid dienone is 1. The van der Waals surface area contributed by atoms with Crippen LogP contribution in [-0.2, 0) is 0 Å². The van der Waals surface area contributed by atoms with E-state index in [1.807, 2.05) is 0 Å². The Morgan fingerprint density at radius 3 is 1.61 bits per heavy atom. The predicted octanol–water partition coefficient (Wildman–Crippen LogP) is 5.32. The van der Waals surface area contributed by atoms with Crippen LogP contribution < -0.4 is 0 Å². The molecule has 1 aliphatic heterocycles. The van der Waals surface area contributed by atoms with Gasteiger partial charge in [0.2, 0.25) is 0 Å². The molecular formula is C19H35GeNSi2. The van der Waals surface area contributed by atoms with Gasteiger partial charge in [-0.2, -0.15) is 0 Å². The fourth-order valence-electron chi connectivity index (χ4n) is 7.05. The van der Waals surface area contributed by atoms with E-state index in [0.29, 0.717) is 9.03 Å². The van der Waals surface area contributed by atoms with Gasteiger partial charge in [-0.1, -0.05) is 0 Å². The molecule has 0 unspecified atom stereocenters. The van der Waals surface area contributed by atoms with Gasteiger partial charge in [-0.05, 0) is 0 Å². The third-order valence-electron chi connectivity index (χ3n) is 7.65. The number of rotatable bonds is 3. The summed E-state index contributed by atoms with van der Waals surface area (Å²) < 4.78 is 3.72. The molecule has 0 aromatic heterocycles. The summed E-state index contributed by atoms with van der Waals surface area (Å²) in [5.74, 6) is 3.24. The average molecular weight is 406 g/mol. The van der Waals surface area contributed by atoms with E-state index in [-0.39, 0.29) is 15.7 Å². The van der Waals surface area contributed by atoms with Crippen molar-refractivity contribution in [2.75, 3.05) is 0 Å². The van der Waals surface area contributed by atoms with Gasteiger partial charge in [0.1, 0.15) is 0 Å². The summed E-state index contributed by atoms with van der Waals surface area (Å²) in [5, 5.41) is 0. The summed E-state index contributed by atoms with van der Waals surface area (Å²) in [4.78, 5) is 0. The first-order valence-electron chi connectivity index (χ1n) is 9.81. The molecule has 4 saturated carbocycles. The van der Waals surface area contributed by atoms with Gasteiger partial charge < -0.3 is 0 Å². The van der Waals surface area contributed by atoms with Crippen molar-refractivity contribution in [1.29, 1.82) is 0 Å². The fourth-order valence-corrected chi connectivity index (χ4v) is 25.8. The molecule has 0 spiro atoms. The molecule has 4 aliphatic carbocycles.